The Kier molecular flexibility index (Phi) is 5.77. The molecular weight excluding hydrogens is 438 g/mol. The highest BCUT2D eigenvalue weighted by Gasteiger charge is 2.37. The van der Waals surface area contributed by atoms with Crippen molar-refractivity contribution in [2.45, 2.75) is 19.4 Å². The van der Waals surface area contributed by atoms with Crippen molar-refractivity contribution < 1.29 is 17.9 Å². The molecule has 1 aromatic heterocycles. The third-order valence-electron chi connectivity index (χ3n) is 5.29. The zero-order valence-corrected chi connectivity index (χ0v) is 18.9. The summed E-state index contributed by atoms with van der Waals surface area (Å²) in [5.74, 6) is 1.02. The molecule has 0 fully saturated rings. The molecule has 162 valence electrons. The molecule has 1 atom stereocenters. The van der Waals surface area contributed by atoms with Crippen LogP contribution in [0.1, 0.15) is 30.5 Å². The number of aromatic nitrogens is 1. The molecule has 9 heteroatoms. The third-order valence-corrected chi connectivity index (χ3v) is 7.23. The van der Waals surface area contributed by atoms with Gasteiger partial charge in [-0.05, 0) is 24.6 Å². The van der Waals surface area contributed by atoms with Gasteiger partial charge >= 0.3 is 0 Å². The molecule has 0 saturated carbocycles. The van der Waals surface area contributed by atoms with Gasteiger partial charge in [-0.3, -0.25) is 0 Å². The van der Waals surface area contributed by atoms with E-state index in [0.29, 0.717) is 34.7 Å². The normalized spacial score (nSPS) is 16.5. The van der Waals surface area contributed by atoms with Crippen molar-refractivity contribution in [2.75, 3.05) is 20.0 Å². The maximum Gasteiger partial charge on any atom is 0.250 e. The van der Waals surface area contributed by atoms with Crippen LogP contribution in [0.25, 0.3) is 10.9 Å². The second-order valence-corrected chi connectivity index (χ2v) is 9.55. The second kappa shape index (κ2) is 8.36. The zero-order chi connectivity index (χ0) is 22.2. The Morgan fingerprint density at radius 1 is 1.10 bits per heavy atom. The summed E-state index contributed by atoms with van der Waals surface area (Å²) in [6.45, 7) is 1.60. The van der Waals surface area contributed by atoms with Crippen LogP contribution in [0, 0.1) is 0 Å². The number of fused-ring (bicyclic) bond motifs is 1. The van der Waals surface area contributed by atoms with Crippen LogP contribution in [0.5, 0.6) is 11.5 Å². The van der Waals surface area contributed by atoms with Crippen LogP contribution in [-0.4, -0.2) is 43.5 Å². The standard InChI is InChI=1S/C22H22ClN3O4S/c1-4-31(27,28)26-19(12-18(25-26)14-8-6-5-7-9-14)16-10-15-11-20(29-2)21(30-3)13-17(15)24-22(16)23/h5-11,13,19H,4,12H2,1-3H3/t19-/m1/s1. The summed E-state index contributed by atoms with van der Waals surface area (Å²) >= 11 is 6.55. The number of ether oxygens (including phenoxy) is 2. The average Bonchev–Trinajstić information content (AvgIpc) is 3.24. The van der Waals surface area contributed by atoms with E-state index >= 15 is 0 Å². The number of sulfonamides is 1. The predicted octanol–water partition coefficient (Wildman–Crippen LogP) is 4.41. The number of hydrogen-bond acceptors (Lipinski definition) is 6. The Morgan fingerprint density at radius 3 is 2.42 bits per heavy atom. The van der Waals surface area contributed by atoms with Gasteiger partial charge in [0.25, 0.3) is 0 Å². The molecular formula is C22H22ClN3O4S. The first-order valence-electron chi connectivity index (χ1n) is 9.75. The molecule has 2 heterocycles. The van der Waals surface area contributed by atoms with Gasteiger partial charge in [0, 0.05) is 23.4 Å². The quantitative estimate of drug-likeness (QED) is 0.510. The fourth-order valence-electron chi connectivity index (χ4n) is 3.64. The fraction of sp³-hybridized carbons (Fsp3) is 0.273. The van der Waals surface area contributed by atoms with Gasteiger partial charge in [0.05, 0.1) is 37.2 Å². The average molecular weight is 460 g/mol. The molecule has 2 aromatic carbocycles. The van der Waals surface area contributed by atoms with Crippen molar-refractivity contribution in [3.63, 3.8) is 0 Å². The third kappa shape index (κ3) is 3.93. The lowest BCUT2D eigenvalue weighted by Gasteiger charge is -2.23. The van der Waals surface area contributed by atoms with Crippen LogP contribution in [0.3, 0.4) is 0 Å². The number of methoxy groups -OCH3 is 2. The molecule has 4 rings (SSSR count). The van der Waals surface area contributed by atoms with Gasteiger partial charge in [-0.25, -0.2) is 13.4 Å². The first-order valence-corrected chi connectivity index (χ1v) is 11.7. The molecule has 31 heavy (non-hydrogen) atoms. The predicted molar refractivity (Wildman–Crippen MR) is 121 cm³/mol. The van der Waals surface area contributed by atoms with E-state index in [1.54, 1.807) is 33.3 Å². The van der Waals surface area contributed by atoms with E-state index in [1.165, 1.54) is 4.41 Å². The summed E-state index contributed by atoms with van der Waals surface area (Å²) in [7, 11) is -0.509. The minimum absolute atomic E-state index is 0.0707. The zero-order valence-electron chi connectivity index (χ0n) is 17.4. The van der Waals surface area contributed by atoms with Crippen LogP contribution in [0.4, 0.5) is 0 Å². The molecule has 0 bridgehead atoms. The van der Waals surface area contributed by atoms with Crippen LogP contribution in [0.15, 0.2) is 53.6 Å². The maximum absolute atomic E-state index is 12.8. The van der Waals surface area contributed by atoms with Crippen molar-refractivity contribution in [1.82, 2.24) is 9.40 Å². The van der Waals surface area contributed by atoms with Gasteiger partial charge in [0.15, 0.2) is 11.5 Å². The number of halogens is 1. The highest BCUT2D eigenvalue weighted by Crippen LogP contribution is 2.40. The molecule has 3 aromatic rings. The molecule has 0 aliphatic carbocycles. The summed E-state index contributed by atoms with van der Waals surface area (Å²) in [6.07, 6.45) is 0.392. The van der Waals surface area contributed by atoms with E-state index in [4.69, 9.17) is 21.1 Å². The number of benzene rings is 2. The van der Waals surface area contributed by atoms with Crippen molar-refractivity contribution >= 4 is 38.2 Å². The molecule has 0 amide bonds. The van der Waals surface area contributed by atoms with E-state index in [0.717, 1.165) is 10.9 Å². The summed E-state index contributed by atoms with van der Waals surface area (Å²) in [5.41, 5.74) is 2.77. The Balaban J connectivity index is 1.84. The van der Waals surface area contributed by atoms with E-state index in [9.17, 15) is 8.42 Å². The highest BCUT2D eigenvalue weighted by molar-refractivity contribution is 7.89. The van der Waals surface area contributed by atoms with Crippen LogP contribution >= 0.6 is 11.6 Å². The Morgan fingerprint density at radius 2 is 1.77 bits per heavy atom. The van der Waals surface area contributed by atoms with Gasteiger partial charge < -0.3 is 9.47 Å². The van der Waals surface area contributed by atoms with Gasteiger partial charge in [0.1, 0.15) is 5.15 Å². The summed E-state index contributed by atoms with van der Waals surface area (Å²) in [6, 6.07) is 14.3. The number of rotatable bonds is 6. The lowest BCUT2D eigenvalue weighted by molar-refractivity contribution is 0.355. The van der Waals surface area contributed by atoms with Crippen LogP contribution < -0.4 is 9.47 Å². The molecule has 1 aliphatic rings. The topological polar surface area (TPSA) is 81.1 Å². The number of nitrogens with zero attached hydrogens (tertiary/aromatic N) is 3. The molecule has 0 spiro atoms. The van der Waals surface area contributed by atoms with Crippen LogP contribution in [0.2, 0.25) is 5.15 Å². The monoisotopic (exact) mass is 459 g/mol. The number of hydrazone groups is 1. The smallest absolute Gasteiger partial charge is 0.250 e. The van der Waals surface area contributed by atoms with E-state index < -0.39 is 16.1 Å². The summed E-state index contributed by atoms with van der Waals surface area (Å²) in [4.78, 5) is 4.50. The minimum atomic E-state index is -3.61. The van der Waals surface area contributed by atoms with Gasteiger partial charge in [0.2, 0.25) is 10.0 Å². The number of pyridine rings is 1. The SMILES string of the molecule is CCS(=O)(=O)N1N=C(c2ccccc2)C[C@@H]1c1cc2cc(OC)c(OC)cc2nc1Cl. The van der Waals surface area contributed by atoms with Crippen molar-refractivity contribution in [1.29, 1.82) is 0 Å². The van der Waals surface area contributed by atoms with Gasteiger partial charge in [-0.2, -0.15) is 9.52 Å². The largest absolute Gasteiger partial charge is 0.493 e. The highest BCUT2D eigenvalue weighted by atomic mass is 35.5. The second-order valence-electron chi connectivity index (χ2n) is 7.07. The first-order chi connectivity index (χ1) is 14.9. The van der Waals surface area contributed by atoms with E-state index in [1.807, 2.05) is 36.4 Å². The van der Waals surface area contributed by atoms with Gasteiger partial charge in [-0.15, -0.1) is 0 Å². The lowest BCUT2D eigenvalue weighted by Crippen LogP contribution is -2.28. The first kappa shape index (κ1) is 21.4. The summed E-state index contributed by atoms with van der Waals surface area (Å²) in [5, 5.41) is 5.46. The lowest BCUT2D eigenvalue weighted by atomic mass is 9.99. The van der Waals surface area contributed by atoms with Crippen molar-refractivity contribution in [2.24, 2.45) is 5.10 Å². The Labute approximate surface area is 186 Å². The summed E-state index contributed by atoms with van der Waals surface area (Å²) < 4.78 is 37.6. The van der Waals surface area contributed by atoms with E-state index in [-0.39, 0.29) is 10.9 Å². The molecule has 0 unspecified atom stereocenters. The number of hydrogen-bond donors (Lipinski definition) is 0. The minimum Gasteiger partial charge on any atom is -0.493 e. The maximum atomic E-state index is 12.8. The van der Waals surface area contributed by atoms with Crippen molar-refractivity contribution in [3.05, 3.63) is 64.8 Å². The molecule has 0 radical (unpaired) electrons. The van der Waals surface area contributed by atoms with E-state index in [2.05, 4.69) is 10.1 Å². The molecule has 0 saturated heterocycles. The molecule has 7 nitrogen and oxygen atoms in total. The van der Waals surface area contributed by atoms with Gasteiger partial charge in [-0.1, -0.05) is 41.9 Å². The van der Waals surface area contributed by atoms with Crippen molar-refractivity contribution in [3.8, 4) is 11.5 Å². The Bertz CT molecular complexity index is 1260. The Hall–Kier alpha value is -2.84. The molecule has 0 N–H and O–H groups in total. The van der Waals surface area contributed by atoms with Crippen LogP contribution in [-0.2, 0) is 10.0 Å². The molecule has 1 aliphatic heterocycles. The fourth-order valence-corrected chi connectivity index (χ4v) is 4.98.